The number of hydrogen-bond donors (Lipinski definition) is 0. The van der Waals surface area contributed by atoms with Crippen molar-refractivity contribution in [1.29, 1.82) is 0 Å². The van der Waals surface area contributed by atoms with Crippen molar-refractivity contribution < 1.29 is 28.6 Å². The third kappa shape index (κ3) is 3.13. The van der Waals surface area contributed by atoms with Gasteiger partial charge in [-0.25, -0.2) is 4.79 Å². The van der Waals surface area contributed by atoms with Gasteiger partial charge in [0.25, 0.3) is 5.91 Å². The molecule has 1 atom stereocenters. The lowest BCUT2D eigenvalue weighted by atomic mass is 10.1. The van der Waals surface area contributed by atoms with E-state index in [1.54, 1.807) is 13.8 Å². The lowest BCUT2D eigenvalue weighted by molar-refractivity contribution is -0.146. The molecule has 1 aliphatic rings. The zero-order valence-corrected chi connectivity index (χ0v) is 13.3. The molecular formula is C16H19NO6. The van der Waals surface area contributed by atoms with Crippen LogP contribution in [-0.2, 0) is 14.3 Å². The normalized spacial score (nSPS) is 14.6. The molecule has 0 fully saturated rings. The number of ether oxygens (including phenoxy) is 3. The lowest BCUT2D eigenvalue weighted by Crippen LogP contribution is -2.49. The van der Waals surface area contributed by atoms with Crippen molar-refractivity contribution in [2.24, 2.45) is 0 Å². The van der Waals surface area contributed by atoms with Crippen LogP contribution in [0.4, 0.5) is 5.69 Å². The van der Waals surface area contributed by atoms with Crippen LogP contribution in [0.3, 0.4) is 0 Å². The van der Waals surface area contributed by atoms with E-state index < -0.39 is 12.0 Å². The first-order valence-electron chi connectivity index (χ1n) is 7.36. The largest absolute Gasteiger partial charge is 0.493 e. The van der Waals surface area contributed by atoms with Gasteiger partial charge in [-0.05, 0) is 25.5 Å². The predicted molar refractivity (Wildman–Crippen MR) is 82.1 cm³/mol. The minimum absolute atomic E-state index is 0.209. The van der Waals surface area contributed by atoms with Crippen LogP contribution in [0.1, 0.15) is 30.6 Å². The zero-order valence-electron chi connectivity index (χ0n) is 13.3. The zero-order chi connectivity index (χ0) is 17.0. The van der Waals surface area contributed by atoms with Gasteiger partial charge in [-0.15, -0.1) is 0 Å². The molecule has 7 heteroatoms. The molecule has 23 heavy (non-hydrogen) atoms. The van der Waals surface area contributed by atoms with E-state index in [0.29, 0.717) is 35.5 Å². The van der Waals surface area contributed by atoms with Crippen LogP contribution in [0.2, 0.25) is 0 Å². The van der Waals surface area contributed by atoms with Gasteiger partial charge in [0.1, 0.15) is 12.3 Å². The Morgan fingerprint density at radius 1 is 1.43 bits per heavy atom. The minimum atomic E-state index is -0.781. The van der Waals surface area contributed by atoms with Gasteiger partial charge >= 0.3 is 5.97 Å². The summed E-state index contributed by atoms with van der Waals surface area (Å²) < 4.78 is 15.7. The molecule has 1 unspecified atom stereocenters. The second-order valence-electron chi connectivity index (χ2n) is 4.92. The van der Waals surface area contributed by atoms with Crippen LogP contribution >= 0.6 is 0 Å². The molecular weight excluding hydrogens is 302 g/mol. The number of methoxy groups -OCH3 is 1. The average Bonchev–Trinajstić information content (AvgIpc) is 2.56. The first-order chi connectivity index (χ1) is 11.1. The second-order valence-corrected chi connectivity index (χ2v) is 4.92. The number of carbonyl (C=O) groups is 3. The highest BCUT2D eigenvalue weighted by Gasteiger charge is 2.37. The summed E-state index contributed by atoms with van der Waals surface area (Å²) in [7, 11) is 1.44. The highest BCUT2D eigenvalue weighted by Crippen LogP contribution is 2.42. The maximum absolute atomic E-state index is 12.3. The maximum Gasteiger partial charge on any atom is 0.329 e. The van der Waals surface area contributed by atoms with Crippen LogP contribution in [0, 0.1) is 0 Å². The second kappa shape index (κ2) is 7.13. The number of nitrogens with zero attached hydrogens (tertiary/aromatic N) is 1. The number of rotatable bonds is 6. The van der Waals surface area contributed by atoms with E-state index in [-0.39, 0.29) is 19.1 Å². The van der Waals surface area contributed by atoms with Crippen LogP contribution < -0.4 is 14.4 Å². The Balaban J connectivity index is 2.55. The fourth-order valence-corrected chi connectivity index (χ4v) is 2.52. The molecule has 1 aromatic rings. The predicted octanol–water partition coefficient (Wildman–Crippen LogP) is 1.57. The smallest absolute Gasteiger partial charge is 0.329 e. The van der Waals surface area contributed by atoms with Gasteiger partial charge in [0.2, 0.25) is 0 Å². The summed E-state index contributed by atoms with van der Waals surface area (Å²) in [6.45, 7) is 3.50. The number of carbonyl (C=O) groups excluding carboxylic acids is 3. The molecule has 124 valence electrons. The summed E-state index contributed by atoms with van der Waals surface area (Å²) >= 11 is 0. The van der Waals surface area contributed by atoms with Crippen molar-refractivity contribution in [1.82, 2.24) is 0 Å². The third-order valence-corrected chi connectivity index (χ3v) is 3.54. The molecule has 1 aromatic carbocycles. The number of esters is 1. The van der Waals surface area contributed by atoms with Gasteiger partial charge < -0.3 is 14.2 Å². The van der Waals surface area contributed by atoms with Gasteiger partial charge in [-0.3, -0.25) is 14.5 Å². The Labute approximate surface area is 134 Å². The van der Waals surface area contributed by atoms with Gasteiger partial charge in [-0.1, -0.05) is 6.92 Å². The first kappa shape index (κ1) is 16.8. The summed E-state index contributed by atoms with van der Waals surface area (Å²) in [5.41, 5.74) is 0.658. The van der Waals surface area contributed by atoms with E-state index in [0.717, 1.165) is 0 Å². The summed E-state index contributed by atoms with van der Waals surface area (Å²) in [5, 5.41) is 0. The van der Waals surface area contributed by atoms with Crippen molar-refractivity contribution in [3.8, 4) is 11.5 Å². The molecule has 1 aliphatic heterocycles. The molecule has 7 nitrogen and oxygen atoms in total. The molecule has 0 spiro atoms. The number of aldehydes is 1. The fourth-order valence-electron chi connectivity index (χ4n) is 2.52. The minimum Gasteiger partial charge on any atom is -0.493 e. The van der Waals surface area contributed by atoms with E-state index in [9.17, 15) is 14.4 Å². The number of fused-ring (bicyclic) bond motifs is 1. The lowest BCUT2D eigenvalue weighted by Gasteiger charge is -2.34. The number of anilines is 1. The molecule has 0 aliphatic carbocycles. The van der Waals surface area contributed by atoms with Crippen LogP contribution in [-0.4, -0.2) is 44.5 Å². The molecule has 0 bridgehead atoms. The van der Waals surface area contributed by atoms with E-state index in [1.165, 1.54) is 24.1 Å². The maximum atomic E-state index is 12.3. The summed E-state index contributed by atoms with van der Waals surface area (Å²) in [6, 6.07) is 2.24. The van der Waals surface area contributed by atoms with Crippen molar-refractivity contribution in [3.05, 3.63) is 17.7 Å². The molecule has 1 amide bonds. The topological polar surface area (TPSA) is 82.1 Å². The van der Waals surface area contributed by atoms with Crippen molar-refractivity contribution in [2.75, 3.05) is 25.2 Å². The Morgan fingerprint density at radius 2 is 2.17 bits per heavy atom. The van der Waals surface area contributed by atoms with E-state index >= 15 is 0 Å². The van der Waals surface area contributed by atoms with Gasteiger partial charge in [-0.2, -0.15) is 0 Å². The van der Waals surface area contributed by atoms with Gasteiger partial charge in [0.15, 0.2) is 18.1 Å². The molecule has 0 saturated heterocycles. The highest BCUT2D eigenvalue weighted by atomic mass is 16.5. The monoisotopic (exact) mass is 321 g/mol. The Kier molecular flexibility index (Phi) is 5.20. The quantitative estimate of drug-likeness (QED) is 0.584. The highest BCUT2D eigenvalue weighted by molar-refractivity contribution is 6.04. The van der Waals surface area contributed by atoms with Crippen LogP contribution in [0.5, 0.6) is 11.5 Å². The Bertz CT molecular complexity index is 627. The SMILES string of the molecule is CCOC(=O)C(CC)N1C(=O)COc2c(OC)cc(C=O)cc21. The first-order valence-corrected chi connectivity index (χ1v) is 7.36. The molecule has 1 heterocycles. The summed E-state index contributed by atoms with van der Waals surface area (Å²) in [5.74, 6) is -0.199. The average molecular weight is 321 g/mol. The molecule has 0 N–H and O–H groups in total. The van der Waals surface area contributed by atoms with Crippen molar-refractivity contribution in [3.63, 3.8) is 0 Å². The Morgan fingerprint density at radius 3 is 2.74 bits per heavy atom. The molecule has 0 radical (unpaired) electrons. The third-order valence-electron chi connectivity index (χ3n) is 3.54. The van der Waals surface area contributed by atoms with Gasteiger partial charge in [0.05, 0.1) is 19.4 Å². The molecule has 2 rings (SSSR count). The fraction of sp³-hybridized carbons (Fsp3) is 0.438. The standard InChI is InChI=1S/C16H19NO6/c1-4-11(16(20)22-5-2)17-12-6-10(8-18)7-13(21-3)15(12)23-9-14(17)19/h6-8,11H,4-5,9H2,1-3H3. The number of hydrogen-bond acceptors (Lipinski definition) is 6. The summed E-state index contributed by atoms with van der Waals surface area (Å²) in [4.78, 5) is 37.0. The number of amides is 1. The molecule has 0 saturated carbocycles. The summed E-state index contributed by atoms with van der Waals surface area (Å²) in [6.07, 6.45) is 1.02. The Hall–Kier alpha value is -2.57. The van der Waals surface area contributed by atoms with E-state index in [1.807, 2.05) is 0 Å². The number of benzene rings is 1. The molecule has 0 aromatic heterocycles. The van der Waals surface area contributed by atoms with Crippen LogP contribution in [0.25, 0.3) is 0 Å². The van der Waals surface area contributed by atoms with Crippen molar-refractivity contribution in [2.45, 2.75) is 26.3 Å². The van der Waals surface area contributed by atoms with Gasteiger partial charge in [0, 0.05) is 5.56 Å². The van der Waals surface area contributed by atoms with Crippen molar-refractivity contribution >= 4 is 23.9 Å². The van der Waals surface area contributed by atoms with Crippen LogP contribution in [0.15, 0.2) is 12.1 Å². The van der Waals surface area contributed by atoms with E-state index in [2.05, 4.69) is 0 Å². The van der Waals surface area contributed by atoms with E-state index in [4.69, 9.17) is 14.2 Å².